The number of esters is 1. The fraction of sp³-hybridized carbons (Fsp3) is 0.500. The zero-order chi connectivity index (χ0) is 15.9. The molecule has 22 heavy (non-hydrogen) atoms. The van der Waals surface area contributed by atoms with Gasteiger partial charge in [-0.15, -0.1) is 0 Å². The van der Waals surface area contributed by atoms with Gasteiger partial charge in [0.2, 0.25) is 0 Å². The predicted molar refractivity (Wildman–Crippen MR) is 81.5 cm³/mol. The van der Waals surface area contributed by atoms with Gasteiger partial charge in [-0.1, -0.05) is 25.5 Å². The molecule has 0 aliphatic heterocycles. The quantitative estimate of drug-likeness (QED) is 0.433. The third-order valence-corrected chi connectivity index (χ3v) is 4.08. The second kappa shape index (κ2) is 8.06. The molecular weight excluding hydrogens is 286 g/mol. The topological polar surface area (TPSA) is 26.3 Å². The smallest absolute Gasteiger partial charge is 0.314 e. The molecule has 1 aliphatic carbocycles. The fourth-order valence-electron chi connectivity index (χ4n) is 2.74. The Morgan fingerprint density at radius 2 is 1.95 bits per heavy atom. The Hall–Kier alpha value is -1.71. The largest absolute Gasteiger partial charge is 0.426 e. The lowest BCUT2D eigenvalue weighted by molar-refractivity contribution is -0.140. The molecule has 0 heterocycles. The molecule has 4 heteroatoms. The normalized spacial score (nSPS) is 22.0. The van der Waals surface area contributed by atoms with Crippen LogP contribution in [0.25, 0.3) is 0 Å². The molecule has 0 unspecified atom stereocenters. The maximum Gasteiger partial charge on any atom is 0.314 e. The summed E-state index contributed by atoms with van der Waals surface area (Å²) < 4.78 is 31.1. The lowest BCUT2D eigenvalue weighted by Crippen LogP contribution is -2.25. The number of benzene rings is 1. The summed E-state index contributed by atoms with van der Waals surface area (Å²) in [7, 11) is 0. The molecule has 0 saturated heterocycles. The minimum Gasteiger partial charge on any atom is -0.426 e. The molecule has 1 saturated carbocycles. The van der Waals surface area contributed by atoms with Gasteiger partial charge >= 0.3 is 5.97 Å². The van der Waals surface area contributed by atoms with Gasteiger partial charge < -0.3 is 4.74 Å². The van der Waals surface area contributed by atoms with Crippen molar-refractivity contribution < 1.29 is 18.3 Å². The first-order valence-corrected chi connectivity index (χ1v) is 7.93. The van der Waals surface area contributed by atoms with Crippen molar-refractivity contribution in [2.45, 2.75) is 45.4 Å². The lowest BCUT2D eigenvalue weighted by atomic mass is 9.82. The van der Waals surface area contributed by atoms with E-state index in [1.54, 1.807) is 0 Å². The first-order valence-electron chi connectivity index (χ1n) is 7.93. The summed E-state index contributed by atoms with van der Waals surface area (Å²) in [6.07, 6.45) is 10.2. The number of halogens is 2. The molecule has 0 spiro atoms. The van der Waals surface area contributed by atoms with E-state index in [1.807, 2.05) is 0 Å². The highest BCUT2D eigenvalue weighted by Gasteiger charge is 2.26. The molecule has 0 radical (unpaired) electrons. The van der Waals surface area contributed by atoms with Crippen molar-refractivity contribution in [1.29, 1.82) is 0 Å². The number of unbranched alkanes of at least 4 members (excludes halogenated alkanes) is 1. The number of rotatable bonds is 5. The highest BCUT2D eigenvalue weighted by Crippen LogP contribution is 2.31. The van der Waals surface area contributed by atoms with E-state index in [-0.39, 0.29) is 17.6 Å². The monoisotopic (exact) mass is 308 g/mol. The first kappa shape index (κ1) is 16.7. The van der Waals surface area contributed by atoms with Crippen LogP contribution >= 0.6 is 0 Å². The summed E-state index contributed by atoms with van der Waals surface area (Å²) in [6.45, 7) is 2.15. The van der Waals surface area contributed by atoms with Gasteiger partial charge in [-0.2, -0.15) is 0 Å². The van der Waals surface area contributed by atoms with Gasteiger partial charge in [-0.05, 0) is 50.2 Å². The van der Waals surface area contributed by atoms with E-state index in [4.69, 9.17) is 4.74 Å². The van der Waals surface area contributed by atoms with Crippen molar-refractivity contribution in [1.82, 2.24) is 0 Å². The maximum atomic E-state index is 13.1. The Balaban J connectivity index is 1.83. The highest BCUT2D eigenvalue weighted by atomic mass is 19.2. The average molecular weight is 308 g/mol. The molecule has 0 bridgehead atoms. The average Bonchev–Trinajstić information content (AvgIpc) is 2.52. The molecular formula is C18H22F2O2. The number of carbonyl (C=O) groups is 1. The Bertz CT molecular complexity index is 532. The van der Waals surface area contributed by atoms with E-state index in [9.17, 15) is 13.6 Å². The summed E-state index contributed by atoms with van der Waals surface area (Å²) in [4.78, 5) is 12.1. The molecule has 0 amide bonds. The SMILES string of the molecule is CCC/C=C/C1CCC(C(=O)Oc2ccc(F)c(F)c2)CC1. The standard InChI is InChI=1S/C18H22F2O2/c1-2-3-4-5-13-6-8-14(9-7-13)18(21)22-15-10-11-16(19)17(20)12-15/h4-5,10-14H,2-3,6-9H2,1H3/b5-4+. The second-order valence-corrected chi connectivity index (χ2v) is 5.83. The van der Waals surface area contributed by atoms with Crippen LogP contribution in [0.15, 0.2) is 30.4 Å². The maximum absolute atomic E-state index is 13.1. The van der Waals surface area contributed by atoms with Gasteiger partial charge in [0, 0.05) is 6.07 Å². The molecule has 1 aromatic carbocycles. The summed E-state index contributed by atoms with van der Waals surface area (Å²) in [5.41, 5.74) is 0. The van der Waals surface area contributed by atoms with E-state index in [0.29, 0.717) is 5.92 Å². The van der Waals surface area contributed by atoms with Gasteiger partial charge in [0.15, 0.2) is 11.6 Å². The number of carbonyl (C=O) groups excluding carboxylic acids is 1. The van der Waals surface area contributed by atoms with Crippen LogP contribution in [0, 0.1) is 23.5 Å². The lowest BCUT2D eigenvalue weighted by Gasteiger charge is -2.25. The van der Waals surface area contributed by atoms with Gasteiger partial charge in [0.05, 0.1) is 5.92 Å². The van der Waals surface area contributed by atoms with Crippen LogP contribution in [0.2, 0.25) is 0 Å². The third-order valence-electron chi connectivity index (χ3n) is 4.08. The molecule has 1 aromatic rings. The molecule has 0 atom stereocenters. The van der Waals surface area contributed by atoms with E-state index in [1.165, 1.54) is 6.07 Å². The zero-order valence-corrected chi connectivity index (χ0v) is 12.9. The van der Waals surface area contributed by atoms with E-state index >= 15 is 0 Å². The van der Waals surface area contributed by atoms with Crippen molar-refractivity contribution in [3.63, 3.8) is 0 Å². The fourth-order valence-corrected chi connectivity index (χ4v) is 2.74. The van der Waals surface area contributed by atoms with Crippen LogP contribution in [0.1, 0.15) is 45.4 Å². The number of hydrogen-bond acceptors (Lipinski definition) is 2. The zero-order valence-electron chi connectivity index (χ0n) is 12.9. The molecule has 120 valence electrons. The second-order valence-electron chi connectivity index (χ2n) is 5.83. The molecule has 2 nitrogen and oxygen atoms in total. The molecule has 2 rings (SSSR count). The van der Waals surface area contributed by atoms with Crippen molar-refractivity contribution in [2.24, 2.45) is 11.8 Å². The van der Waals surface area contributed by atoms with E-state index in [2.05, 4.69) is 19.1 Å². The Labute approximate surface area is 130 Å². The molecule has 0 N–H and O–H groups in total. The number of allylic oxidation sites excluding steroid dienone is 2. The molecule has 0 aromatic heterocycles. The van der Waals surface area contributed by atoms with Crippen LogP contribution in [-0.4, -0.2) is 5.97 Å². The van der Waals surface area contributed by atoms with Crippen molar-refractivity contribution in [3.8, 4) is 5.75 Å². The molecule has 1 fully saturated rings. The molecule has 1 aliphatic rings. The van der Waals surface area contributed by atoms with Crippen LogP contribution in [0.5, 0.6) is 5.75 Å². The van der Waals surface area contributed by atoms with Gasteiger partial charge in [-0.3, -0.25) is 4.79 Å². The van der Waals surface area contributed by atoms with Gasteiger partial charge in [-0.25, -0.2) is 8.78 Å². The summed E-state index contributed by atoms with van der Waals surface area (Å²) in [6, 6.07) is 3.15. The number of ether oxygens (including phenoxy) is 1. The Kier molecular flexibility index (Phi) is 6.10. The van der Waals surface area contributed by atoms with Crippen LogP contribution in [-0.2, 0) is 4.79 Å². The summed E-state index contributed by atoms with van der Waals surface area (Å²) in [5, 5.41) is 0. The van der Waals surface area contributed by atoms with E-state index in [0.717, 1.165) is 50.7 Å². The minimum absolute atomic E-state index is 0.0638. The predicted octanol–water partition coefficient (Wildman–Crippen LogP) is 5.03. The number of hydrogen-bond donors (Lipinski definition) is 0. The summed E-state index contributed by atoms with van der Waals surface area (Å²) >= 11 is 0. The van der Waals surface area contributed by atoms with Gasteiger partial charge in [0.1, 0.15) is 5.75 Å². The minimum atomic E-state index is -1.00. The van der Waals surface area contributed by atoms with Crippen molar-refractivity contribution in [2.75, 3.05) is 0 Å². The summed E-state index contributed by atoms with van der Waals surface area (Å²) in [5.74, 6) is -1.84. The third kappa shape index (κ3) is 4.65. The van der Waals surface area contributed by atoms with Crippen LogP contribution in [0.3, 0.4) is 0 Å². The Morgan fingerprint density at radius 3 is 2.59 bits per heavy atom. The van der Waals surface area contributed by atoms with Crippen LogP contribution < -0.4 is 4.74 Å². The van der Waals surface area contributed by atoms with Gasteiger partial charge in [0.25, 0.3) is 0 Å². The Morgan fingerprint density at radius 1 is 1.23 bits per heavy atom. The van der Waals surface area contributed by atoms with E-state index < -0.39 is 11.6 Å². The van der Waals surface area contributed by atoms with Crippen molar-refractivity contribution >= 4 is 5.97 Å². The van der Waals surface area contributed by atoms with Crippen molar-refractivity contribution in [3.05, 3.63) is 42.0 Å². The highest BCUT2D eigenvalue weighted by molar-refractivity contribution is 5.75. The van der Waals surface area contributed by atoms with Crippen LogP contribution in [0.4, 0.5) is 8.78 Å². The first-order chi connectivity index (χ1) is 10.6.